The van der Waals surface area contributed by atoms with Crippen LogP contribution in [0.5, 0.6) is 0 Å². The van der Waals surface area contributed by atoms with Crippen molar-refractivity contribution in [2.24, 2.45) is 0 Å². The molecule has 0 saturated carbocycles. The molecule has 1 aromatic carbocycles. The van der Waals surface area contributed by atoms with Crippen LogP contribution in [-0.4, -0.2) is 25.5 Å². The molecule has 8 nitrogen and oxygen atoms in total. The third-order valence-electron chi connectivity index (χ3n) is 3.38. The van der Waals surface area contributed by atoms with Gasteiger partial charge >= 0.3 is 5.97 Å². The number of hydrogen-bond acceptors (Lipinski definition) is 6. The number of benzene rings is 1. The first kappa shape index (κ1) is 14.6. The Labute approximate surface area is 130 Å². The molecule has 0 fully saturated rings. The number of aromatic nitrogens is 3. The second-order valence-electron chi connectivity index (χ2n) is 4.91. The third kappa shape index (κ3) is 3.00. The highest BCUT2D eigenvalue weighted by Gasteiger charge is 2.15. The fourth-order valence-electron chi connectivity index (χ4n) is 2.11. The van der Waals surface area contributed by atoms with Gasteiger partial charge < -0.3 is 4.74 Å². The monoisotopic (exact) mass is 312 g/mol. The molecule has 3 rings (SSSR count). The van der Waals surface area contributed by atoms with Gasteiger partial charge in [-0.2, -0.15) is 0 Å². The van der Waals surface area contributed by atoms with Gasteiger partial charge in [0.25, 0.3) is 5.69 Å². The molecule has 0 spiro atoms. The average Bonchev–Trinajstić information content (AvgIpc) is 3.02. The van der Waals surface area contributed by atoms with Crippen LogP contribution in [0.4, 0.5) is 5.69 Å². The number of pyridine rings is 1. The zero-order chi connectivity index (χ0) is 16.4. The third-order valence-corrected chi connectivity index (χ3v) is 3.38. The molecule has 116 valence electrons. The maximum absolute atomic E-state index is 12.2. The molecule has 0 aliphatic rings. The van der Waals surface area contributed by atoms with Crippen LogP contribution in [0.1, 0.15) is 28.9 Å². The first-order chi connectivity index (χ1) is 11.0. The minimum Gasteiger partial charge on any atom is -0.454 e. The van der Waals surface area contributed by atoms with E-state index in [1.807, 2.05) is 0 Å². The molecule has 3 aromatic rings. The van der Waals surface area contributed by atoms with Crippen LogP contribution in [0.15, 0.2) is 48.9 Å². The Bertz CT molecular complexity index is 873. The van der Waals surface area contributed by atoms with Crippen molar-refractivity contribution in [3.8, 4) is 0 Å². The number of carbonyl (C=O) groups is 1. The quantitative estimate of drug-likeness (QED) is 0.417. The van der Waals surface area contributed by atoms with Crippen molar-refractivity contribution in [1.82, 2.24) is 14.6 Å². The van der Waals surface area contributed by atoms with Crippen LogP contribution in [0.25, 0.3) is 5.65 Å². The lowest BCUT2D eigenvalue weighted by molar-refractivity contribution is -0.384. The molecule has 0 saturated heterocycles. The van der Waals surface area contributed by atoms with Gasteiger partial charge in [0.05, 0.1) is 10.5 Å². The molecule has 0 bridgehead atoms. The molecule has 2 heterocycles. The van der Waals surface area contributed by atoms with E-state index in [4.69, 9.17) is 4.74 Å². The van der Waals surface area contributed by atoms with Gasteiger partial charge in [-0.1, -0.05) is 0 Å². The van der Waals surface area contributed by atoms with Gasteiger partial charge in [0.1, 0.15) is 12.4 Å². The number of esters is 1. The number of nitrogens with zero attached hydrogens (tertiary/aromatic N) is 4. The Hall–Kier alpha value is -3.29. The summed E-state index contributed by atoms with van der Waals surface area (Å²) in [6, 6.07) is 9.17. The van der Waals surface area contributed by atoms with Crippen molar-refractivity contribution < 1.29 is 14.5 Å². The maximum atomic E-state index is 12.2. The highest BCUT2D eigenvalue weighted by Crippen LogP contribution is 2.21. The van der Waals surface area contributed by atoms with Crippen LogP contribution in [0, 0.1) is 10.1 Å². The molecule has 0 aliphatic heterocycles. The number of carbonyl (C=O) groups excluding carboxylic acids is 1. The summed E-state index contributed by atoms with van der Waals surface area (Å²) >= 11 is 0. The zero-order valence-corrected chi connectivity index (χ0v) is 12.1. The maximum Gasteiger partial charge on any atom is 0.340 e. The lowest BCUT2D eigenvalue weighted by Crippen LogP contribution is -2.10. The van der Waals surface area contributed by atoms with E-state index in [2.05, 4.69) is 10.2 Å². The Morgan fingerprint density at radius 3 is 2.70 bits per heavy atom. The van der Waals surface area contributed by atoms with E-state index in [0.717, 1.165) is 0 Å². The topological polar surface area (TPSA) is 99.6 Å². The van der Waals surface area contributed by atoms with Gasteiger partial charge in [-0.05, 0) is 36.8 Å². The Kier molecular flexibility index (Phi) is 3.71. The predicted molar refractivity (Wildman–Crippen MR) is 79.9 cm³/mol. The van der Waals surface area contributed by atoms with E-state index in [1.54, 1.807) is 41.8 Å². The molecule has 0 radical (unpaired) electrons. The molecule has 0 aliphatic carbocycles. The Morgan fingerprint density at radius 2 is 2.00 bits per heavy atom. The molecule has 2 aromatic heterocycles. The number of nitro benzene ring substituents is 1. The summed E-state index contributed by atoms with van der Waals surface area (Å²) in [5.41, 5.74) is 1.66. The van der Waals surface area contributed by atoms with Crippen LogP contribution < -0.4 is 0 Å². The SMILES string of the molecule is C[C@H](OC(=O)c1ccc2nncn2c1)c1ccc([N+](=O)[O-])cc1. The van der Waals surface area contributed by atoms with Crippen LogP contribution in [0.3, 0.4) is 0 Å². The highest BCUT2D eigenvalue weighted by atomic mass is 16.6. The van der Waals surface area contributed by atoms with Gasteiger partial charge in [0, 0.05) is 18.3 Å². The lowest BCUT2D eigenvalue weighted by atomic mass is 10.1. The van der Waals surface area contributed by atoms with Gasteiger partial charge in [-0.15, -0.1) is 10.2 Å². The van der Waals surface area contributed by atoms with E-state index in [1.165, 1.54) is 18.5 Å². The summed E-state index contributed by atoms with van der Waals surface area (Å²) in [5.74, 6) is -0.494. The fourth-order valence-corrected chi connectivity index (χ4v) is 2.11. The van der Waals surface area contributed by atoms with Crippen molar-refractivity contribution in [1.29, 1.82) is 0 Å². The van der Waals surface area contributed by atoms with Crippen molar-refractivity contribution in [2.75, 3.05) is 0 Å². The number of fused-ring (bicyclic) bond motifs is 1. The van der Waals surface area contributed by atoms with E-state index in [9.17, 15) is 14.9 Å². The molecule has 0 N–H and O–H groups in total. The summed E-state index contributed by atoms with van der Waals surface area (Å²) < 4.78 is 7.00. The fraction of sp³-hybridized carbons (Fsp3) is 0.133. The van der Waals surface area contributed by atoms with Crippen molar-refractivity contribution in [2.45, 2.75) is 13.0 Å². The number of rotatable bonds is 4. The minimum absolute atomic E-state index is 0.00895. The van der Waals surface area contributed by atoms with Gasteiger partial charge in [-0.25, -0.2) is 4.79 Å². The molecular weight excluding hydrogens is 300 g/mol. The largest absolute Gasteiger partial charge is 0.454 e. The van der Waals surface area contributed by atoms with E-state index in [0.29, 0.717) is 16.8 Å². The van der Waals surface area contributed by atoms with Gasteiger partial charge in [0.2, 0.25) is 0 Å². The summed E-state index contributed by atoms with van der Waals surface area (Å²) in [4.78, 5) is 22.3. The van der Waals surface area contributed by atoms with E-state index in [-0.39, 0.29) is 5.69 Å². The number of non-ortho nitro benzene ring substituents is 1. The Morgan fingerprint density at radius 1 is 1.26 bits per heavy atom. The molecule has 0 unspecified atom stereocenters. The number of ether oxygens (including phenoxy) is 1. The second-order valence-corrected chi connectivity index (χ2v) is 4.91. The smallest absolute Gasteiger partial charge is 0.340 e. The zero-order valence-electron chi connectivity index (χ0n) is 12.1. The van der Waals surface area contributed by atoms with Gasteiger partial charge in [-0.3, -0.25) is 14.5 Å². The van der Waals surface area contributed by atoms with E-state index < -0.39 is 17.0 Å². The summed E-state index contributed by atoms with van der Waals surface area (Å²) in [6.07, 6.45) is 2.55. The predicted octanol–water partition coefficient (Wildman–Crippen LogP) is 2.56. The molecule has 0 amide bonds. The summed E-state index contributed by atoms with van der Waals surface area (Å²) in [7, 11) is 0. The average molecular weight is 312 g/mol. The number of nitro groups is 1. The normalized spacial score (nSPS) is 12.0. The van der Waals surface area contributed by atoms with Crippen molar-refractivity contribution in [3.63, 3.8) is 0 Å². The molecular formula is C15H12N4O4. The van der Waals surface area contributed by atoms with Crippen molar-refractivity contribution >= 4 is 17.3 Å². The van der Waals surface area contributed by atoms with E-state index >= 15 is 0 Å². The first-order valence-electron chi connectivity index (χ1n) is 6.79. The molecule has 8 heteroatoms. The van der Waals surface area contributed by atoms with Crippen LogP contribution in [-0.2, 0) is 4.74 Å². The van der Waals surface area contributed by atoms with Crippen LogP contribution >= 0.6 is 0 Å². The Balaban J connectivity index is 1.74. The minimum atomic E-state index is -0.528. The summed E-state index contributed by atoms with van der Waals surface area (Å²) in [6.45, 7) is 1.70. The highest BCUT2D eigenvalue weighted by molar-refractivity contribution is 5.89. The van der Waals surface area contributed by atoms with Crippen molar-refractivity contribution in [3.05, 3.63) is 70.2 Å². The second kappa shape index (κ2) is 5.84. The standard InChI is InChI=1S/C15H12N4O4/c1-10(11-2-5-13(6-3-11)19(21)22)23-15(20)12-4-7-14-17-16-9-18(14)8-12/h2-10H,1H3/t10-/m0/s1. The first-order valence-corrected chi connectivity index (χ1v) is 6.79. The lowest BCUT2D eigenvalue weighted by Gasteiger charge is -2.13. The van der Waals surface area contributed by atoms with Crippen LogP contribution in [0.2, 0.25) is 0 Å². The molecule has 1 atom stereocenters. The van der Waals surface area contributed by atoms with Gasteiger partial charge in [0.15, 0.2) is 5.65 Å². The molecule has 23 heavy (non-hydrogen) atoms. The summed E-state index contributed by atoms with van der Waals surface area (Å²) in [5, 5.41) is 18.2. The number of hydrogen-bond donors (Lipinski definition) is 0.